The van der Waals surface area contributed by atoms with Gasteiger partial charge in [-0.2, -0.15) is 0 Å². The number of aryl methyl sites for hydroxylation is 1. The van der Waals surface area contributed by atoms with Crippen molar-refractivity contribution in [3.05, 3.63) is 5.01 Å². The Balaban J connectivity index is 1.25. The number of amides is 2. The molecule has 2 aliphatic rings. The van der Waals surface area contributed by atoms with Crippen molar-refractivity contribution in [2.45, 2.75) is 64.2 Å². The van der Waals surface area contributed by atoms with Crippen LogP contribution in [0.4, 0.5) is 5.13 Å². The Morgan fingerprint density at radius 3 is 2.32 bits per heavy atom. The highest BCUT2D eigenvalue weighted by Crippen LogP contribution is 2.20. The van der Waals surface area contributed by atoms with E-state index in [0.29, 0.717) is 41.3 Å². The Labute approximate surface area is 209 Å². The fraction of sp³-hybridized carbons (Fsp3) is 0.727. The van der Waals surface area contributed by atoms with E-state index in [0.717, 1.165) is 87.9 Å². The molecule has 0 aromatic carbocycles. The summed E-state index contributed by atoms with van der Waals surface area (Å²) < 4.78 is 0. The maximum atomic E-state index is 12.2. The van der Waals surface area contributed by atoms with Crippen LogP contribution < -0.4 is 21.3 Å². The van der Waals surface area contributed by atoms with Crippen LogP contribution in [0, 0.1) is 22.7 Å². The van der Waals surface area contributed by atoms with E-state index in [9.17, 15) is 9.59 Å². The van der Waals surface area contributed by atoms with Crippen molar-refractivity contribution in [1.82, 2.24) is 26.1 Å². The molecular weight excluding hydrogens is 472 g/mol. The number of aromatic nitrogens is 2. The highest BCUT2D eigenvalue weighted by molar-refractivity contribution is 8.26. The monoisotopic (exact) mass is 508 g/mol. The summed E-state index contributed by atoms with van der Waals surface area (Å²) in [5.74, 6) is 0.563. The van der Waals surface area contributed by atoms with Crippen LogP contribution in [0.1, 0.15) is 62.8 Å². The molecule has 2 fully saturated rings. The van der Waals surface area contributed by atoms with Gasteiger partial charge in [0.05, 0.1) is 5.04 Å². The first-order valence-corrected chi connectivity index (χ1v) is 13.8. The van der Waals surface area contributed by atoms with E-state index >= 15 is 0 Å². The van der Waals surface area contributed by atoms with Crippen molar-refractivity contribution in [3.8, 4) is 0 Å². The number of carbonyl (C=O) groups is 2. The summed E-state index contributed by atoms with van der Waals surface area (Å²) in [5.41, 5.74) is 0. The number of hydrogen-bond acceptors (Lipinski definition) is 10. The number of piperidine rings is 2. The van der Waals surface area contributed by atoms with Crippen molar-refractivity contribution < 1.29 is 9.59 Å². The van der Waals surface area contributed by atoms with Crippen molar-refractivity contribution in [2.24, 2.45) is 11.8 Å². The Hall–Kier alpha value is -1.89. The summed E-state index contributed by atoms with van der Waals surface area (Å²) in [6.45, 7) is 3.79. The van der Waals surface area contributed by atoms with Crippen LogP contribution in [0.3, 0.4) is 0 Å². The maximum Gasteiger partial charge on any atom is 0.226 e. The van der Waals surface area contributed by atoms with E-state index < -0.39 is 0 Å². The Bertz CT molecular complexity index is 835. The lowest BCUT2D eigenvalue weighted by Gasteiger charge is -2.22. The Morgan fingerprint density at radius 1 is 1.00 bits per heavy atom. The average Bonchev–Trinajstić information content (AvgIpc) is 3.24. The number of nitrogens with zero attached hydrogens (tertiary/aromatic N) is 2. The predicted octanol–water partition coefficient (Wildman–Crippen LogP) is 2.73. The van der Waals surface area contributed by atoms with Crippen LogP contribution in [0.5, 0.6) is 0 Å². The van der Waals surface area contributed by atoms with Gasteiger partial charge in [-0.3, -0.25) is 20.4 Å². The minimum atomic E-state index is -0.145. The zero-order valence-electron chi connectivity index (χ0n) is 19.6. The van der Waals surface area contributed by atoms with Gasteiger partial charge in [0, 0.05) is 19.3 Å². The van der Waals surface area contributed by atoms with Crippen LogP contribution in [0.15, 0.2) is 0 Å². The quantitative estimate of drug-likeness (QED) is 0.161. The van der Waals surface area contributed by atoms with E-state index in [4.69, 9.17) is 10.8 Å². The molecule has 0 bridgehead atoms. The molecular formula is C22H36N8O2S2. The number of anilines is 1. The molecule has 0 radical (unpaired) electrons. The highest BCUT2D eigenvalue weighted by Gasteiger charge is 2.19. The largest absolute Gasteiger partial charge is 0.316 e. The second-order valence-electron chi connectivity index (χ2n) is 8.99. The number of hydrogen-bond donors (Lipinski definition) is 6. The third kappa shape index (κ3) is 10.2. The zero-order valence-corrected chi connectivity index (χ0v) is 21.2. The SMILES string of the molecule is N=C(CCCCc1nnc(NC(=O)CC2CCCNC2)s1)SC(=N)NC(=O)CC1CCCNC1. The third-order valence-corrected chi connectivity index (χ3v) is 7.64. The number of carbonyl (C=O) groups excluding carboxylic acids is 2. The molecule has 0 aliphatic carbocycles. The molecule has 3 heterocycles. The molecule has 2 saturated heterocycles. The van der Waals surface area contributed by atoms with Crippen LogP contribution in [-0.2, 0) is 16.0 Å². The molecule has 2 aliphatic heterocycles. The molecule has 6 N–H and O–H groups in total. The number of thioether (sulfide) groups is 1. The van der Waals surface area contributed by atoms with Crippen molar-refractivity contribution >= 4 is 50.3 Å². The fourth-order valence-electron chi connectivity index (χ4n) is 4.24. The van der Waals surface area contributed by atoms with Crippen molar-refractivity contribution in [1.29, 1.82) is 10.8 Å². The summed E-state index contributed by atoms with van der Waals surface area (Å²) in [6.07, 6.45) is 8.17. The normalized spacial score (nSPS) is 20.5. The molecule has 0 spiro atoms. The maximum absolute atomic E-state index is 12.2. The van der Waals surface area contributed by atoms with E-state index in [-0.39, 0.29) is 17.0 Å². The van der Waals surface area contributed by atoms with Gasteiger partial charge >= 0.3 is 0 Å². The first-order chi connectivity index (χ1) is 16.5. The van der Waals surface area contributed by atoms with Gasteiger partial charge in [0.25, 0.3) is 0 Å². The third-order valence-electron chi connectivity index (χ3n) is 5.98. The topological polar surface area (TPSA) is 156 Å². The molecule has 2 amide bonds. The lowest BCUT2D eigenvalue weighted by molar-refractivity contribution is -0.120. The van der Waals surface area contributed by atoms with Gasteiger partial charge in [0.15, 0.2) is 5.17 Å². The molecule has 1 aromatic heterocycles. The first kappa shape index (κ1) is 26.7. The van der Waals surface area contributed by atoms with Crippen LogP contribution in [-0.4, -0.2) is 58.4 Å². The smallest absolute Gasteiger partial charge is 0.226 e. The zero-order chi connectivity index (χ0) is 24.2. The first-order valence-electron chi connectivity index (χ1n) is 12.1. The fourth-order valence-corrected chi connectivity index (χ4v) is 5.69. The molecule has 12 heteroatoms. The number of nitrogens with one attached hydrogen (secondary N) is 6. The molecule has 10 nitrogen and oxygen atoms in total. The van der Waals surface area contributed by atoms with Crippen LogP contribution in [0.25, 0.3) is 0 Å². The summed E-state index contributed by atoms with van der Waals surface area (Å²) in [6, 6.07) is 0. The van der Waals surface area contributed by atoms with E-state index in [1.54, 1.807) is 0 Å². The summed E-state index contributed by atoms with van der Waals surface area (Å²) in [5, 5.41) is 38.1. The van der Waals surface area contributed by atoms with Gasteiger partial charge in [0.2, 0.25) is 16.9 Å². The number of rotatable bonds is 10. The van der Waals surface area contributed by atoms with Gasteiger partial charge in [-0.25, -0.2) is 0 Å². The Kier molecular flexibility index (Phi) is 11.4. The molecule has 34 heavy (non-hydrogen) atoms. The number of amidine groups is 1. The van der Waals surface area contributed by atoms with E-state index in [1.165, 1.54) is 11.3 Å². The van der Waals surface area contributed by atoms with Gasteiger partial charge in [-0.05, 0) is 94.7 Å². The van der Waals surface area contributed by atoms with Gasteiger partial charge in [0.1, 0.15) is 5.01 Å². The predicted molar refractivity (Wildman–Crippen MR) is 138 cm³/mol. The summed E-state index contributed by atoms with van der Waals surface area (Å²) in [4.78, 5) is 24.3. The average molecular weight is 509 g/mol. The Morgan fingerprint density at radius 2 is 1.68 bits per heavy atom. The van der Waals surface area contributed by atoms with Gasteiger partial charge in [-0.15, -0.1) is 10.2 Å². The second kappa shape index (κ2) is 14.5. The van der Waals surface area contributed by atoms with E-state index in [1.807, 2.05) is 0 Å². The lowest BCUT2D eigenvalue weighted by Crippen LogP contribution is -2.35. The molecule has 2 atom stereocenters. The molecule has 1 aromatic rings. The highest BCUT2D eigenvalue weighted by atomic mass is 32.2. The standard InChI is InChI=1S/C22H36N8O2S2/c23-17(33-21(24)27-18(31)11-15-5-3-9-25-13-15)7-1-2-8-20-29-30-22(34-20)28-19(32)12-16-6-4-10-26-14-16/h15-16,23,25-26H,1-14H2,(H2,24,27,31)(H,28,30,32). The molecule has 2 unspecified atom stereocenters. The van der Waals surface area contributed by atoms with Gasteiger partial charge in [-0.1, -0.05) is 11.3 Å². The minimum absolute atomic E-state index is 0.00757. The lowest BCUT2D eigenvalue weighted by atomic mass is 9.96. The van der Waals surface area contributed by atoms with Crippen molar-refractivity contribution in [2.75, 3.05) is 31.5 Å². The van der Waals surface area contributed by atoms with Crippen molar-refractivity contribution in [3.63, 3.8) is 0 Å². The summed E-state index contributed by atoms with van der Waals surface area (Å²) in [7, 11) is 0. The second-order valence-corrected chi connectivity index (χ2v) is 11.2. The molecule has 0 saturated carbocycles. The minimum Gasteiger partial charge on any atom is -0.316 e. The van der Waals surface area contributed by atoms with Crippen LogP contribution in [0.2, 0.25) is 0 Å². The molecule has 3 rings (SSSR count). The van der Waals surface area contributed by atoms with Gasteiger partial charge < -0.3 is 21.3 Å². The summed E-state index contributed by atoms with van der Waals surface area (Å²) >= 11 is 2.40. The van der Waals surface area contributed by atoms with E-state index in [2.05, 4.69) is 31.5 Å². The van der Waals surface area contributed by atoms with Crippen LogP contribution >= 0.6 is 23.1 Å². The molecule has 188 valence electrons. The number of unbranched alkanes of at least 4 members (excludes halogenated alkanes) is 1.